The Hall–Kier alpha value is -0.850. The second-order valence-electron chi connectivity index (χ2n) is 2.53. The minimum Gasteiger partial charge on any atom is -0.298 e. The summed E-state index contributed by atoms with van der Waals surface area (Å²) in [5.74, 6) is 0. The molecule has 0 aliphatic heterocycles. The first-order chi connectivity index (χ1) is 4.93. The highest BCUT2D eigenvalue weighted by Crippen LogP contribution is 2.10. The molecule has 1 aliphatic rings. The van der Waals surface area contributed by atoms with Crippen molar-refractivity contribution in [2.45, 2.75) is 25.7 Å². The Labute approximate surface area is 61.4 Å². The van der Waals surface area contributed by atoms with Crippen LogP contribution < -0.4 is 0 Å². The lowest BCUT2D eigenvalue weighted by atomic mass is 10.1. The Bertz CT molecular complexity index is 166. The Morgan fingerprint density at radius 1 is 1.40 bits per heavy atom. The van der Waals surface area contributed by atoms with Gasteiger partial charge in [0.1, 0.15) is 6.29 Å². The number of carbonyl (C=O) groups is 1. The van der Waals surface area contributed by atoms with Crippen LogP contribution in [0.3, 0.4) is 0 Å². The molecule has 0 fully saturated rings. The van der Waals surface area contributed by atoms with E-state index in [4.69, 9.17) is 0 Å². The standard InChI is InChI=1S/C9H12O/c10-8-9-6-4-2-1-3-5-7-9/h2,4,6,8H,1,3,5,7H2/b4-2-,9-6+. The monoisotopic (exact) mass is 136 g/mol. The van der Waals surface area contributed by atoms with E-state index in [9.17, 15) is 4.79 Å². The van der Waals surface area contributed by atoms with Crippen molar-refractivity contribution in [2.75, 3.05) is 0 Å². The van der Waals surface area contributed by atoms with Gasteiger partial charge >= 0.3 is 0 Å². The van der Waals surface area contributed by atoms with E-state index in [-0.39, 0.29) is 0 Å². The molecule has 0 spiro atoms. The van der Waals surface area contributed by atoms with Gasteiger partial charge in [0.05, 0.1) is 0 Å². The first-order valence-electron chi connectivity index (χ1n) is 3.74. The van der Waals surface area contributed by atoms with Crippen molar-refractivity contribution in [3.63, 3.8) is 0 Å². The van der Waals surface area contributed by atoms with Crippen molar-refractivity contribution in [3.8, 4) is 0 Å². The highest BCUT2D eigenvalue weighted by molar-refractivity contribution is 5.73. The molecule has 54 valence electrons. The fourth-order valence-corrected chi connectivity index (χ4v) is 1.06. The van der Waals surface area contributed by atoms with Gasteiger partial charge in [0.15, 0.2) is 0 Å². The molecule has 0 aromatic heterocycles. The highest BCUT2D eigenvalue weighted by Gasteiger charge is 1.95. The zero-order valence-corrected chi connectivity index (χ0v) is 6.05. The van der Waals surface area contributed by atoms with Crippen LogP contribution in [0.1, 0.15) is 25.7 Å². The predicted octanol–water partition coefficient (Wildman–Crippen LogP) is 2.24. The van der Waals surface area contributed by atoms with Gasteiger partial charge in [-0.2, -0.15) is 0 Å². The van der Waals surface area contributed by atoms with Gasteiger partial charge in [-0.3, -0.25) is 4.79 Å². The molecule has 0 saturated carbocycles. The summed E-state index contributed by atoms with van der Waals surface area (Å²) in [6, 6.07) is 0. The minimum absolute atomic E-state index is 0.927. The molecule has 1 aliphatic carbocycles. The average molecular weight is 136 g/mol. The van der Waals surface area contributed by atoms with Crippen molar-refractivity contribution in [3.05, 3.63) is 23.8 Å². The molecule has 1 heteroatoms. The summed E-state index contributed by atoms with van der Waals surface area (Å²) >= 11 is 0. The molecule has 0 unspecified atom stereocenters. The second kappa shape index (κ2) is 4.04. The topological polar surface area (TPSA) is 17.1 Å². The summed E-state index contributed by atoms with van der Waals surface area (Å²) < 4.78 is 0. The van der Waals surface area contributed by atoms with E-state index in [0.717, 1.165) is 31.1 Å². The fourth-order valence-electron chi connectivity index (χ4n) is 1.06. The Balaban J connectivity index is 2.57. The normalized spacial score (nSPS) is 27.4. The van der Waals surface area contributed by atoms with Crippen LogP contribution in [0, 0.1) is 0 Å². The van der Waals surface area contributed by atoms with Crippen LogP contribution in [0.15, 0.2) is 23.8 Å². The highest BCUT2D eigenvalue weighted by atomic mass is 16.1. The minimum atomic E-state index is 0.927. The quantitative estimate of drug-likeness (QED) is 0.505. The third-order valence-electron chi connectivity index (χ3n) is 1.68. The van der Waals surface area contributed by atoms with Crippen LogP contribution in [0.5, 0.6) is 0 Å². The van der Waals surface area contributed by atoms with Gasteiger partial charge in [-0.05, 0) is 31.3 Å². The molecule has 0 radical (unpaired) electrons. The predicted molar refractivity (Wildman–Crippen MR) is 41.8 cm³/mol. The molecular weight excluding hydrogens is 124 g/mol. The van der Waals surface area contributed by atoms with Crippen LogP contribution in [0.2, 0.25) is 0 Å². The number of allylic oxidation sites excluding steroid dienone is 4. The van der Waals surface area contributed by atoms with E-state index in [2.05, 4.69) is 6.08 Å². The average Bonchev–Trinajstić information content (AvgIpc) is 1.87. The van der Waals surface area contributed by atoms with Crippen molar-refractivity contribution in [1.29, 1.82) is 0 Å². The third kappa shape index (κ3) is 2.18. The lowest BCUT2D eigenvalue weighted by Gasteiger charge is -2.00. The summed E-state index contributed by atoms with van der Waals surface area (Å²) in [7, 11) is 0. The third-order valence-corrected chi connectivity index (χ3v) is 1.68. The summed E-state index contributed by atoms with van der Waals surface area (Å²) in [4.78, 5) is 10.3. The van der Waals surface area contributed by atoms with Gasteiger partial charge in [-0.1, -0.05) is 18.2 Å². The van der Waals surface area contributed by atoms with E-state index >= 15 is 0 Å². The van der Waals surface area contributed by atoms with E-state index in [1.165, 1.54) is 6.42 Å². The van der Waals surface area contributed by atoms with Crippen LogP contribution in [0.4, 0.5) is 0 Å². The fraction of sp³-hybridized carbons (Fsp3) is 0.444. The maximum absolute atomic E-state index is 10.3. The molecule has 0 heterocycles. The Morgan fingerprint density at radius 3 is 3.10 bits per heavy atom. The lowest BCUT2D eigenvalue weighted by Crippen LogP contribution is -1.87. The SMILES string of the molecule is O=C/C1=C/C=C\CCCC1. The summed E-state index contributed by atoms with van der Waals surface area (Å²) in [5.41, 5.74) is 0.927. The van der Waals surface area contributed by atoms with Crippen molar-refractivity contribution in [2.24, 2.45) is 0 Å². The van der Waals surface area contributed by atoms with E-state index in [1.54, 1.807) is 0 Å². The molecule has 0 atom stereocenters. The molecule has 1 nitrogen and oxygen atoms in total. The Kier molecular flexibility index (Phi) is 2.94. The van der Waals surface area contributed by atoms with E-state index in [1.807, 2.05) is 12.2 Å². The van der Waals surface area contributed by atoms with Crippen molar-refractivity contribution >= 4 is 6.29 Å². The zero-order valence-electron chi connectivity index (χ0n) is 6.05. The second-order valence-corrected chi connectivity index (χ2v) is 2.53. The molecule has 0 amide bonds. The molecule has 0 N–H and O–H groups in total. The van der Waals surface area contributed by atoms with Gasteiger partial charge in [0.2, 0.25) is 0 Å². The van der Waals surface area contributed by atoms with Crippen LogP contribution in [0.25, 0.3) is 0 Å². The van der Waals surface area contributed by atoms with Crippen molar-refractivity contribution in [1.82, 2.24) is 0 Å². The smallest absolute Gasteiger partial charge is 0.146 e. The van der Waals surface area contributed by atoms with Gasteiger partial charge in [0, 0.05) is 0 Å². The summed E-state index contributed by atoms with van der Waals surface area (Å²) in [6.45, 7) is 0. The van der Waals surface area contributed by atoms with Gasteiger partial charge in [0.25, 0.3) is 0 Å². The largest absolute Gasteiger partial charge is 0.298 e. The number of rotatable bonds is 1. The first kappa shape index (κ1) is 7.26. The van der Waals surface area contributed by atoms with Crippen LogP contribution >= 0.6 is 0 Å². The van der Waals surface area contributed by atoms with Crippen molar-refractivity contribution < 1.29 is 4.79 Å². The zero-order chi connectivity index (χ0) is 7.23. The summed E-state index contributed by atoms with van der Waals surface area (Å²) in [5, 5.41) is 0. The van der Waals surface area contributed by atoms with Crippen LogP contribution in [-0.4, -0.2) is 6.29 Å². The van der Waals surface area contributed by atoms with Gasteiger partial charge in [-0.15, -0.1) is 0 Å². The number of carbonyl (C=O) groups excluding carboxylic acids is 1. The maximum Gasteiger partial charge on any atom is 0.146 e. The van der Waals surface area contributed by atoms with Gasteiger partial charge in [-0.25, -0.2) is 0 Å². The molecular formula is C9H12O. The number of aldehydes is 1. The molecule has 0 aromatic carbocycles. The first-order valence-corrected chi connectivity index (χ1v) is 3.74. The molecule has 0 aromatic rings. The molecule has 0 saturated heterocycles. The molecule has 10 heavy (non-hydrogen) atoms. The van der Waals surface area contributed by atoms with E-state index in [0.29, 0.717) is 0 Å². The molecule has 0 bridgehead atoms. The number of hydrogen-bond acceptors (Lipinski definition) is 1. The Morgan fingerprint density at radius 2 is 2.30 bits per heavy atom. The van der Waals surface area contributed by atoms with Gasteiger partial charge < -0.3 is 0 Å². The lowest BCUT2D eigenvalue weighted by molar-refractivity contribution is -0.105. The summed E-state index contributed by atoms with van der Waals surface area (Å²) in [6.07, 6.45) is 11.4. The number of hydrogen-bond donors (Lipinski definition) is 0. The molecule has 1 rings (SSSR count). The van der Waals surface area contributed by atoms with Crippen LogP contribution in [-0.2, 0) is 4.79 Å². The van der Waals surface area contributed by atoms with E-state index < -0.39 is 0 Å². The maximum atomic E-state index is 10.3.